The number of methoxy groups -OCH3 is 1. The Morgan fingerprint density at radius 1 is 1.19 bits per heavy atom. The molecule has 0 saturated carbocycles. The van der Waals surface area contributed by atoms with Gasteiger partial charge in [-0.3, -0.25) is 9.59 Å². The maximum Gasteiger partial charge on any atom is 0.309 e. The molecule has 1 aliphatic rings. The fourth-order valence-corrected chi connectivity index (χ4v) is 2.33. The molecule has 0 bridgehead atoms. The first-order chi connectivity index (χ1) is 10.0. The molecule has 0 aliphatic carbocycles. The molecule has 0 unspecified atom stereocenters. The molecule has 122 valence electrons. The van der Waals surface area contributed by atoms with Crippen LogP contribution >= 0.6 is 0 Å². The summed E-state index contributed by atoms with van der Waals surface area (Å²) in [5.41, 5.74) is 0. The molecule has 0 atom stereocenters. The number of nitrogens with zero attached hydrogens (tertiary/aromatic N) is 1. The molecule has 1 rings (SSSR count). The molecule has 6 nitrogen and oxygen atoms in total. The summed E-state index contributed by atoms with van der Waals surface area (Å²) in [5.74, 6) is -0.234. The van der Waals surface area contributed by atoms with E-state index < -0.39 is 11.8 Å². The number of amides is 2. The van der Waals surface area contributed by atoms with E-state index in [9.17, 15) is 9.59 Å². The number of nitrogens with one attached hydrogen (secondary N) is 2. The van der Waals surface area contributed by atoms with Gasteiger partial charge in [-0.15, -0.1) is 0 Å². The van der Waals surface area contributed by atoms with Crippen molar-refractivity contribution in [2.24, 2.45) is 11.8 Å². The van der Waals surface area contributed by atoms with Crippen LogP contribution in [-0.2, 0) is 14.3 Å². The number of carbonyl (C=O) groups excluding carboxylic acids is 2. The molecule has 0 aromatic carbocycles. The monoisotopic (exact) mass is 299 g/mol. The molecule has 0 aromatic rings. The van der Waals surface area contributed by atoms with Crippen molar-refractivity contribution < 1.29 is 14.3 Å². The van der Waals surface area contributed by atoms with Gasteiger partial charge in [0.15, 0.2) is 0 Å². The van der Waals surface area contributed by atoms with Gasteiger partial charge in [0.25, 0.3) is 0 Å². The van der Waals surface area contributed by atoms with Crippen LogP contribution in [0.5, 0.6) is 0 Å². The molecule has 1 saturated heterocycles. The second-order valence-corrected chi connectivity index (χ2v) is 6.09. The van der Waals surface area contributed by atoms with Crippen molar-refractivity contribution in [2.75, 3.05) is 46.4 Å². The van der Waals surface area contributed by atoms with Crippen LogP contribution < -0.4 is 10.6 Å². The van der Waals surface area contributed by atoms with Gasteiger partial charge >= 0.3 is 11.8 Å². The standard InChI is InChI=1S/C15H29N3O3/c1-12(2)10-16-14(19)15(20)17-11-13-4-6-18(7-5-13)8-9-21-3/h12-13H,4-11H2,1-3H3,(H,16,19)(H,17,20). The number of piperidine rings is 1. The average Bonchev–Trinajstić information content (AvgIpc) is 2.49. The fraction of sp³-hybridized carbons (Fsp3) is 0.867. The van der Waals surface area contributed by atoms with Gasteiger partial charge in [-0.05, 0) is 37.8 Å². The number of ether oxygens (including phenoxy) is 1. The van der Waals surface area contributed by atoms with E-state index in [0.29, 0.717) is 24.9 Å². The van der Waals surface area contributed by atoms with E-state index in [0.717, 1.165) is 39.1 Å². The highest BCUT2D eigenvalue weighted by molar-refractivity contribution is 6.35. The fourth-order valence-electron chi connectivity index (χ4n) is 2.33. The molecular formula is C15H29N3O3. The molecular weight excluding hydrogens is 270 g/mol. The van der Waals surface area contributed by atoms with Crippen molar-refractivity contribution in [1.82, 2.24) is 15.5 Å². The van der Waals surface area contributed by atoms with Gasteiger partial charge in [0, 0.05) is 26.7 Å². The zero-order valence-electron chi connectivity index (χ0n) is 13.5. The van der Waals surface area contributed by atoms with Crippen molar-refractivity contribution in [3.05, 3.63) is 0 Å². The van der Waals surface area contributed by atoms with Gasteiger partial charge in [-0.1, -0.05) is 13.8 Å². The van der Waals surface area contributed by atoms with Crippen molar-refractivity contribution in [3.63, 3.8) is 0 Å². The van der Waals surface area contributed by atoms with E-state index in [-0.39, 0.29) is 0 Å². The van der Waals surface area contributed by atoms with Gasteiger partial charge in [0.1, 0.15) is 0 Å². The molecule has 1 fully saturated rings. The van der Waals surface area contributed by atoms with Crippen LogP contribution in [0.15, 0.2) is 0 Å². The molecule has 2 N–H and O–H groups in total. The SMILES string of the molecule is COCCN1CCC(CNC(=O)C(=O)NCC(C)C)CC1. The van der Waals surface area contributed by atoms with Crippen LogP contribution in [0.3, 0.4) is 0 Å². The molecule has 0 radical (unpaired) electrons. The summed E-state index contributed by atoms with van der Waals surface area (Å²) < 4.78 is 5.07. The lowest BCUT2D eigenvalue weighted by Gasteiger charge is -2.31. The third-order valence-electron chi connectivity index (χ3n) is 3.75. The van der Waals surface area contributed by atoms with E-state index in [1.54, 1.807) is 7.11 Å². The van der Waals surface area contributed by atoms with E-state index in [4.69, 9.17) is 4.74 Å². The lowest BCUT2D eigenvalue weighted by Crippen LogP contribution is -2.44. The Balaban J connectivity index is 2.15. The lowest BCUT2D eigenvalue weighted by atomic mass is 9.97. The van der Waals surface area contributed by atoms with Gasteiger partial charge in [-0.2, -0.15) is 0 Å². The Kier molecular flexibility index (Phi) is 8.30. The summed E-state index contributed by atoms with van der Waals surface area (Å²) in [7, 11) is 1.71. The van der Waals surface area contributed by atoms with Crippen LogP contribution in [0.25, 0.3) is 0 Å². The minimum Gasteiger partial charge on any atom is -0.383 e. The number of carbonyl (C=O) groups is 2. The predicted molar refractivity (Wildman–Crippen MR) is 81.9 cm³/mol. The van der Waals surface area contributed by atoms with Gasteiger partial charge < -0.3 is 20.3 Å². The highest BCUT2D eigenvalue weighted by Gasteiger charge is 2.21. The van der Waals surface area contributed by atoms with Gasteiger partial charge in [-0.25, -0.2) is 0 Å². The largest absolute Gasteiger partial charge is 0.383 e. The highest BCUT2D eigenvalue weighted by Crippen LogP contribution is 2.15. The summed E-state index contributed by atoms with van der Waals surface area (Å²) in [6.45, 7) is 8.90. The first-order valence-corrected chi connectivity index (χ1v) is 7.80. The van der Waals surface area contributed by atoms with Gasteiger partial charge in [0.2, 0.25) is 0 Å². The Morgan fingerprint density at radius 2 is 1.81 bits per heavy atom. The molecule has 0 aromatic heterocycles. The van der Waals surface area contributed by atoms with E-state index in [1.807, 2.05) is 13.8 Å². The van der Waals surface area contributed by atoms with Crippen molar-refractivity contribution in [2.45, 2.75) is 26.7 Å². The summed E-state index contributed by atoms with van der Waals surface area (Å²) in [4.78, 5) is 25.6. The van der Waals surface area contributed by atoms with Gasteiger partial charge in [0.05, 0.1) is 6.61 Å². The van der Waals surface area contributed by atoms with Crippen molar-refractivity contribution in [3.8, 4) is 0 Å². The number of likely N-dealkylation sites (tertiary alicyclic amines) is 1. The zero-order chi connectivity index (χ0) is 15.7. The summed E-state index contributed by atoms with van der Waals surface area (Å²) >= 11 is 0. The molecule has 6 heteroatoms. The summed E-state index contributed by atoms with van der Waals surface area (Å²) in [5, 5.41) is 5.37. The maximum atomic E-state index is 11.7. The second kappa shape index (κ2) is 9.73. The maximum absolute atomic E-state index is 11.7. The number of rotatable bonds is 7. The normalized spacial score (nSPS) is 17.0. The zero-order valence-corrected chi connectivity index (χ0v) is 13.5. The minimum absolute atomic E-state index is 0.346. The summed E-state index contributed by atoms with van der Waals surface area (Å²) in [6.07, 6.45) is 2.11. The van der Waals surface area contributed by atoms with E-state index in [1.165, 1.54) is 0 Å². The number of hydrogen-bond acceptors (Lipinski definition) is 4. The Labute approximate surface area is 127 Å². The Bertz CT molecular complexity index is 326. The molecule has 21 heavy (non-hydrogen) atoms. The highest BCUT2D eigenvalue weighted by atomic mass is 16.5. The molecule has 0 spiro atoms. The minimum atomic E-state index is -0.527. The average molecular weight is 299 g/mol. The van der Waals surface area contributed by atoms with Crippen LogP contribution in [0.2, 0.25) is 0 Å². The van der Waals surface area contributed by atoms with Crippen molar-refractivity contribution >= 4 is 11.8 Å². The first kappa shape index (κ1) is 17.9. The molecule has 1 heterocycles. The second-order valence-electron chi connectivity index (χ2n) is 6.09. The third-order valence-corrected chi connectivity index (χ3v) is 3.75. The lowest BCUT2D eigenvalue weighted by molar-refractivity contribution is -0.139. The van der Waals surface area contributed by atoms with Crippen LogP contribution in [0.1, 0.15) is 26.7 Å². The third kappa shape index (κ3) is 7.43. The quantitative estimate of drug-likeness (QED) is 0.660. The Morgan fingerprint density at radius 3 is 2.38 bits per heavy atom. The smallest absolute Gasteiger partial charge is 0.309 e. The summed E-state index contributed by atoms with van der Waals surface area (Å²) in [6, 6.07) is 0. The Hall–Kier alpha value is -1.14. The van der Waals surface area contributed by atoms with Crippen molar-refractivity contribution in [1.29, 1.82) is 0 Å². The molecule has 1 aliphatic heterocycles. The number of hydrogen-bond donors (Lipinski definition) is 2. The predicted octanol–water partition coefficient (Wildman–Crippen LogP) is 0.233. The first-order valence-electron chi connectivity index (χ1n) is 7.80. The topological polar surface area (TPSA) is 70.7 Å². The van der Waals surface area contributed by atoms with Crippen LogP contribution in [0.4, 0.5) is 0 Å². The molecule has 2 amide bonds. The van der Waals surface area contributed by atoms with Crippen LogP contribution in [-0.4, -0.2) is 63.2 Å². The van der Waals surface area contributed by atoms with E-state index in [2.05, 4.69) is 15.5 Å². The van der Waals surface area contributed by atoms with E-state index >= 15 is 0 Å². The van der Waals surface area contributed by atoms with Crippen LogP contribution in [0, 0.1) is 11.8 Å².